The molecular formula is C27H17BrF11N3O4. The summed E-state index contributed by atoms with van der Waals surface area (Å²) in [5.41, 5.74) is -14.6. The highest BCUT2D eigenvalue weighted by Gasteiger charge is 2.73. The summed E-state index contributed by atoms with van der Waals surface area (Å²) < 4.78 is 155. The number of hydrogen-bond donors (Lipinski definition) is 1. The Labute approximate surface area is 259 Å². The average Bonchev–Trinajstić information content (AvgIpc) is 2.95. The van der Waals surface area contributed by atoms with E-state index in [9.17, 15) is 58.3 Å². The summed E-state index contributed by atoms with van der Waals surface area (Å²) in [5, 5.41) is 1.55. The molecule has 0 atom stereocenters. The molecule has 0 aliphatic carbocycles. The molecule has 0 aliphatic heterocycles. The van der Waals surface area contributed by atoms with Crippen molar-refractivity contribution in [2.45, 2.75) is 31.1 Å². The molecule has 3 aromatic rings. The van der Waals surface area contributed by atoms with Crippen LogP contribution in [0.4, 0.5) is 59.7 Å². The molecule has 46 heavy (non-hydrogen) atoms. The lowest BCUT2D eigenvalue weighted by atomic mass is 9.92. The first kappa shape index (κ1) is 36.2. The van der Waals surface area contributed by atoms with Crippen molar-refractivity contribution >= 4 is 45.1 Å². The van der Waals surface area contributed by atoms with Crippen molar-refractivity contribution in [2.24, 2.45) is 0 Å². The van der Waals surface area contributed by atoms with Crippen molar-refractivity contribution in [3.8, 4) is 0 Å². The van der Waals surface area contributed by atoms with Crippen LogP contribution >= 0.6 is 15.9 Å². The molecule has 0 unspecified atom stereocenters. The van der Waals surface area contributed by atoms with Crippen LogP contribution in [-0.2, 0) is 21.4 Å². The van der Waals surface area contributed by atoms with Gasteiger partial charge in [-0.1, -0.05) is 6.07 Å². The van der Waals surface area contributed by atoms with E-state index in [2.05, 4.69) is 20.9 Å². The van der Waals surface area contributed by atoms with Gasteiger partial charge in [0.25, 0.3) is 11.8 Å². The molecule has 0 spiro atoms. The van der Waals surface area contributed by atoms with Crippen molar-refractivity contribution in [1.82, 2.24) is 4.98 Å². The van der Waals surface area contributed by atoms with E-state index in [4.69, 9.17) is 4.74 Å². The molecule has 3 rings (SSSR count). The van der Waals surface area contributed by atoms with E-state index >= 15 is 4.39 Å². The molecule has 1 aromatic heterocycles. The molecule has 0 radical (unpaired) electrons. The number of halogens is 12. The van der Waals surface area contributed by atoms with Gasteiger partial charge >= 0.3 is 30.2 Å². The number of pyridine rings is 1. The number of carbonyl (C=O) groups is 3. The van der Waals surface area contributed by atoms with Crippen LogP contribution in [0.25, 0.3) is 0 Å². The number of rotatable bonds is 8. The predicted octanol–water partition coefficient (Wildman–Crippen LogP) is 7.75. The number of aromatic nitrogens is 1. The van der Waals surface area contributed by atoms with Gasteiger partial charge in [0.1, 0.15) is 6.54 Å². The average molecular weight is 736 g/mol. The summed E-state index contributed by atoms with van der Waals surface area (Å²) in [7, 11) is 0. The first-order chi connectivity index (χ1) is 21.1. The second kappa shape index (κ2) is 13.2. The summed E-state index contributed by atoms with van der Waals surface area (Å²) in [5.74, 6) is -5.38. The number of alkyl halides is 10. The largest absolute Gasteiger partial charge is 0.465 e. The van der Waals surface area contributed by atoms with E-state index in [-0.39, 0.29) is 18.2 Å². The summed E-state index contributed by atoms with van der Waals surface area (Å²) in [6, 6.07) is 4.09. The van der Waals surface area contributed by atoms with E-state index in [1.165, 1.54) is 25.3 Å². The maximum absolute atomic E-state index is 15.7. The smallest absolute Gasteiger partial charge is 0.435 e. The van der Waals surface area contributed by atoms with Crippen LogP contribution in [0.1, 0.15) is 38.8 Å². The zero-order valence-electron chi connectivity index (χ0n) is 22.7. The van der Waals surface area contributed by atoms with Gasteiger partial charge in [0.05, 0.1) is 34.7 Å². The van der Waals surface area contributed by atoms with E-state index in [0.717, 1.165) is 18.3 Å². The van der Waals surface area contributed by atoms with Gasteiger partial charge in [-0.05, 0) is 59.3 Å². The van der Waals surface area contributed by atoms with Crippen molar-refractivity contribution in [3.05, 3.63) is 87.4 Å². The number of nitrogens with zero attached hydrogens (tertiary/aromatic N) is 2. The molecule has 0 aliphatic rings. The van der Waals surface area contributed by atoms with Crippen LogP contribution in [0.15, 0.2) is 59.3 Å². The standard InChI is InChI=1S/C27H17BrF11N3O4/c1-2-46-19(43)12-42(23(45)13-5-4-8-40-11-13)18-7-3-6-15(20(18)29)22(44)41-21-16(25(31,32)33)9-14(10-17(21)28)24(30,26(34,35)36)27(37,38)39/h3-11H,2,12H2,1H3,(H,41,44). The van der Waals surface area contributed by atoms with Crippen LogP contribution in [0.3, 0.4) is 0 Å². The Morgan fingerprint density at radius 1 is 0.935 bits per heavy atom. The lowest BCUT2D eigenvalue weighted by Gasteiger charge is -2.31. The van der Waals surface area contributed by atoms with Gasteiger partial charge in [-0.25, -0.2) is 8.78 Å². The predicted molar refractivity (Wildman–Crippen MR) is 141 cm³/mol. The lowest BCUT2D eigenvalue weighted by molar-refractivity contribution is -0.348. The monoisotopic (exact) mass is 735 g/mol. The third-order valence-corrected chi connectivity index (χ3v) is 6.70. The fourth-order valence-corrected chi connectivity index (χ4v) is 4.54. The number of benzene rings is 2. The second-order valence-electron chi connectivity index (χ2n) is 9.06. The third-order valence-electron chi connectivity index (χ3n) is 6.07. The highest BCUT2D eigenvalue weighted by molar-refractivity contribution is 9.10. The second-order valence-corrected chi connectivity index (χ2v) is 9.92. The van der Waals surface area contributed by atoms with Crippen molar-refractivity contribution < 1.29 is 67.4 Å². The van der Waals surface area contributed by atoms with E-state index < -0.39 is 92.9 Å². The zero-order valence-corrected chi connectivity index (χ0v) is 24.3. The van der Waals surface area contributed by atoms with Crippen molar-refractivity contribution in [3.63, 3.8) is 0 Å². The Kier molecular flexibility index (Phi) is 10.4. The summed E-state index contributed by atoms with van der Waals surface area (Å²) in [6.45, 7) is 0.359. The zero-order chi connectivity index (χ0) is 34.8. The van der Waals surface area contributed by atoms with Gasteiger partial charge in [-0.15, -0.1) is 0 Å². The fraction of sp³-hybridized carbons (Fsp3) is 0.259. The van der Waals surface area contributed by atoms with Crippen molar-refractivity contribution in [2.75, 3.05) is 23.4 Å². The number of amides is 2. The van der Waals surface area contributed by atoms with Gasteiger partial charge in [0.2, 0.25) is 0 Å². The van der Waals surface area contributed by atoms with E-state index in [1.807, 2.05) is 0 Å². The maximum atomic E-state index is 15.7. The Morgan fingerprint density at radius 3 is 2.09 bits per heavy atom. The first-order valence-electron chi connectivity index (χ1n) is 12.4. The molecule has 1 N–H and O–H groups in total. The fourth-order valence-electron chi connectivity index (χ4n) is 3.98. The minimum Gasteiger partial charge on any atom is -0.465 e. The number of esters is 1. The number of hydrogen-bond acceptors (Lipinski definition) is 5. The maximum Gasteiger partial charge on any atom is 0.435 e. The Bertz CT molecular complexity index is 1610. The molecule has 0 saturated carbocycles. The molecule has 1 heterocycles. The third kappa shape index (κ3) is 7.23. The summed E-state index contributed by atoms with van der Waals surface area (Å²) in [4.78, 5) is 42.7. The van der Waals surface area contributed by atoms with Crippen LogP contribution in [0, 0.1) is 5.82 Å². The molecule has 0 saturated heterocycles. The minimum absolute atomic E-state index is 0.149. The quantitative estimate of drug-likeness (QED) is 0.189. The van der Waals surface area contributed by atoms with Gasteiger partial charge in [-0.3, -0.25) is 24.3 Å². The molecule has 7 nitrogen and oxygen atoms in total. The van der Waals surface area contributed by atoms with Crippen LogP contribution in [0.2, 0.25) is 0 Å². The highest BCUT2D eigenvalue weighted by atomic mass is 79.9. The van der Waals surface area contributed by atoms with Crippen LogP contribution in [0.5, 0.6) is 0 Å². The Hall–Kier alpha value is -4.29. The molecular weight excluding hydrogens is 719 g/mol. The molecule has 2 amide bonds. The Balaban J connectivity index is 2.13. The van der Waals surface area contributed by atoms with E-state index in [0.29, 0.717) is 11.0 Å². The number of anilines is 2. The normalized spacial score (nSPS) is 12.5. The number of carbonyl (C=O) groups excluding carboxylic acids is 3. The number of nitrogens with one attached hydrogen (secondary N) is 1. The highest BCUT2D eigenvalue weighted by Crippen LogP contribution is 2.55. The molecule has 248 valence electrons. The number of ether oxygens (including phenoxy) is 1. The SMILES string of the molecule is CCOC(=O)CN(C(=O)c1cccnc1)c1cccc(C(=O)Nc2c(Br)cc(C(F)(C(F)(F)F)C(F)(F)F)cc2C(F)(F)F)c1F. The van der Waals surface area contributed by atoms with Gasteiger partial charge in [0, 0.05) is 22.4 Å². The molecule has 0 bridgehead atoms. The summed E-state index contributed by atoms with van der Waals surface area (Å²) in [6.07, 6.45) is -17.0. The first-order valence-corrected chi connectivity index (χ1v) is 13.1. The van der Waals surface area contributed by atoms with Gasteiger partial charge < -0.3 is 10.1 Å². The molecule has 2 aromatic carbocycles. The van der Waals surface area contributed by atoms with E-state index in [1.54, 1.807) is 5.32 Å². The minimum atomic E-state index is -6.76. The molecule has 19 heteroatoms. The van der Waals surface area contributed by atoms with Crippen LogP contribution < -0.4 is 10.2 Å². The topological polar surface area (TPSA) is 88.6 Å². The van der Waals surface area contributed by atoms with Gasteiger partial charge in [0.15, 0.2) is 5.82 Å². The summed E-state index contributed by atoms with van der Waals surface area (Å²) >= 11 is 2.34. The Morgan fingerprint density at radius 2 is 1.57 bits per heavy atom. The van der Waals surface area contributed by atoms with Crippen LogP contribution in [-0.4, -0.2) is 48.3 Å². The lowest BCUT2D eigenvalue weighted by Crippen LogP contribution is -2.50. The van der Waals surface area contributed by atoms with Gasteiger partial charge in [-0.2, -0.15) is 39.5 Å². The molecule has 0 fully saturated rings. The van der Waals surface area contributed by atoms with Crippen molar-refractivity contribution in [1.29, 1.82) is 0 Å².